The summed E-state index contributed by atoms with van der Waals surface area (Å²) in [4.78, 5) is 7.82. The van der Waals surface area contributed by atoms with Gasteiger partial charge in [0.05, 0.1) is 18.3 Å². The van der Waals surface area contributed by atoms with Crippen LogP contribution in [0.3, 0.4) is 0 Å². The van der Waals surface area contributed by atoms with E-state index in [9.17, 15) is 0 Å². The lowest BCUT2D eigenvalue weighted by Crippen LogP contribution is -2.29. The van der Waals surface area contributed by atoms with Crippen molar-refractivity contribution in [1.29, 1.82) is 0 Å². The zero-order chi connectivity index (χ0) is 22.6. The lowest BCUT2D eigenvalue weighted by Gasteiger charge is -2.26. The van der Waals surface area contributed by atoms with Gasteiger partial charge < -0.3 is 19.4 Å². The van der Waals surface area contributed by atoms with Crippen molar-refractivity contribution in [2.24, 2.45) is 0 Å². The summed E-state index contributed by atoms with van der Waals surface area (Å²) in [6.07, 6.45) is 1.80. The molecule has 1 N–H and O–H groups in total. The molecule has 0 amide bonds. The minimum absolute atomic E-state index is 0.147. The number of thiocarbonyl (C=S) groups is 1. The maximum absolute atomic E-state index is 6.35. The summed E-state index contributed by atoms with van der Waals surface area (Å²) < 4.78 is 12.0. The van der Waals surface area contributed by atoms with Crippen LogP contribution in [0, 0.1) is 0 Å². The molecule has 5 nitrogen and oxygen atoms in total. The number of ether oxygens (including phenoxy) is 1. The van der Waals surface area contributed by atoms with Gasteiger partial charge in [-0.3, -0.25) is 4.98 Å². The molecular weight excluding hydrogens is 450 g/mol. The van der Waals surface area contributed by atoms with E-state index in [0.29, 0.717) is 11.7 Å². The second kappa shape index (κ2) is 9.68. The van der Waals surface area contributed by atoms with Crippen LogP contribution in [0.15, 0.2) is 106 Å². The van der Waals surface area contributed by atoms with E-state index in [1.807, 2.05) is 79.7 Å². The molecule has 3 heterocycles. The first-order valence-corrected chi connectivity index (χ1v) is 12.0. The van der Waals surface area contributed by atoms with E-state index in [2.05, 4.69) is 27.3 Å². The smallest absolute Gasteiger partial charge is 0.174 e. The Labute approximate surface area is 202 Å². The van der Waals surface area contributed by atoms with E-state index >= 15 is 0 Å². The van der Waals surface area contributed by atoms with Crippen LogP contribution in [0.25, 0.3) is 0 Å². The van der Waals surface area contributed by atoms with Crippen LogP contribution in [-0.2, 0) is 0 Å². The predicted molar refractivity (Wildman–Crippen MR) is 135 cm³/mol. The summed E-state index contributed by atoms with van der Waals surface area (Å²) >= 11 is 7.38. The van der Waals surface area contributed by atoms with E-state index in [1.54, 1.807) is 18.0 Å². The summed E-state index contributed by atoms with van der Waals surface area (Å²) in [5.74, 6) is 1.65. The number of pyridine rings is 1. The fraction of sp³-hybridized carbons (Fsp3) is 0.154. The van der Waals surface area contributed by atoms with Crippen molar-refractivity contribution in [2.45, 2.75) is 29.0 Å². The summed E-state index contributed by atoms with van der Waals surface area (Å²) in [6.45, 7) is 2.60. The van der Waals surface area contributed by atoms with Crippen molar-refractivity contribution in [2.75, 3.05) is 11.5 Å². The zero-order valence-electron chi connectivity index (χ0n) is 18.0. The standard InChI is InChI=1S/C26H23N3O2S2/c1-2-30-19-13-11-18(12-14-19)29-25(24(28-26(29)32)21-10-6-7-17-27-21)22-15-16-23(31-22)33-20-8-4-3-5-9-20/h3-17,24-25H,2H2,1H3,(H,28,32)/t24-,25-/m0/s1. The highest BCUT2D eigenvalue weighted by Gasteiger charge is 2.42. The molecule has 1 fully saturated rings. The van der Waals surface area contributed by atoms with Crippen LogP contribution in [0.4, 0.5) is 5.69 Å². The van der Waals surface area contributed by atoms with Gasteiger partial charge in [-0.2, -0.15) is 0 Å². The maximum atomic E-state index is 6.35. The van der Waals surface area contributed by atoms with Crippen LogP contribution < -0.4 is 15.0 Å². The van der Waals surface area contributed by atoms with Crippen molar-refractivity contribution < 1.29 is 9.15 Å². The highest BCUT2D eigenvalue weighted by molar-refractivity contribution is 7.99. The topological polar surface area (TPSA) is 50.5 Å². The molecule has 0 spiro atoms. The summed E-state index contributed by atoms with van der Waals surface area (Å²) in [5, 5.41) is 4.93. The number of nitrogens with one attached hydrogen (secondary N) is 1. The van der Waals surface area contributed by atoms with E-state index in [-0.39, 0.29) is 12.1 Å². The van der Waals surface area contributed by atoms with Gasteiger partial charge in [-0.05, 0) is 79.8 Å². The predicted octanol–water partition coefficient (Wildman–Crippen LogP) is 6.40. The fourth-order valence-electron chi connectivity index (χ4n) is 3.94. The molecule has 1 aliphatic heterocycles. The van der Waals surface area contributed by atoms with Crippen molar-refractivity contribution in [3.63, 3.8) is 0 Å². The zero-order valence-corrected chi connectivity index (χ0v) is 19.7. The van der Waals surface area contributed by atoms with Crippen LogP contribution in [0.1, 0.15) is 30.5 Å². The molecule has 0 aliphatic carbocycles. The molecule has 166 valence electrons. The highest BCUT2D eigenvalue weighted by Crippen LogP contribution is 2.43. The second-order valence-electron chi connectivity index (χ2n) is 7.50. The molecule has 0 unspecified atom stereocenters. The van der Waals surface area contributed by atoms with Gasteiger partial charge in [0.2, 0.25) is 0 Å². The average molecular weight is 474 g/mol. The van der Waals surface area contributed by atoms with Crippen LogP contribution in [-0.4, -0.2) is 16.7 Å². The third kappa shape index (κ3) is 4.60. The quantitative estimate of drug-likeness (QED) is 0.312. The normalized spacial score (nSPS) is 17.7. The molecule has 7 heteroatoms. The number of rotatable bonds is 7. The first kappa shape index (κ1) is 21.6. The molecule has 5 rings (SSSR count). The summed E-state index contributed by atoms with van der Waals surface area (Å²) in [7, 11) is 0. The van der Waals surface area contributed by atoms with Crippen molar-refractivity contribution in [1.82, 2.24) is 10.3 Å². The van der Waals surface area contributed by atoms with Crippen molar-refractivity contribution >= 4 is 34.8 Å². The number of benzene rings is 2. The van der Waals surface area contributed by atoms with Gasteiger partial charge in [-0.15, -0.1) is 0 Å². The third-order valence-electron chi connectivity index (χ3n) is 5.38. The monoisotopic (exact) mass is 473 g/mol. The minimum atomic E-state index is -0.185. The third-order valence-corrected chi connectivity index (χ3v) is 6.62. The van der Waals surface area contributed by atoms with Gasteiger partial charge in [0.15, 0.2) is 10.2 Å². The number of nitrogens with zero attached hydrogens (tertiary/aromatic N) is 2. The van der Waals surface area contributed by atoms with Crippen LogP contribution >= 0.6 is 24.0 Å². The van der Waals surface area contributed by atoms with E-state index < -0.39 is 0 Å². The van der Waals surface area contributed by atoms with Gasteiger partial charge in [0.25, 0.3) is 0 Å². The first-order valence-electron chi connectivity index (χ1n) is 10.8. The van der Waals surface area contributed by atoms with Gasteiger partial charge in [-0.25, -0.2) is 0 Å². The Morgan fingerprint density at radius 3 is 2.52 bits per heavy atom. The lowest BCUT2D eigenvalue weighted by molar-refractivity contribution is 0.340. The molecule has 1 saturated heterocycles. The van der Waals surface area contributed by atoms with Gasteiger partial charge >= 0.3 is 0 Å². The molecule has 0 saturated carbocycles. The van der Waals surface area contributed by atoms with E-state index in [1.165, 1.54) is 0 Å². The number of hydrogen-bond donors (Lipinski definition) is 1. The highest BCUT2D eigenvalue weighted by atomic mass is 32.2. The molecule has 4 aromatic rings. The fourth-order valence-corrected chi connectivity index (χ4v) is 5.09. The summed E-state index contributed by atoms with van der Waals surface area (Å²) in [5.41, 5.74) is 1.87. The molecule has 0 radical (unpaired) electrons. The molecule has 0 bridgehead atoms. The van der Waals surface area contributed by atoms with Gasteiger partial charge in [-0.1, -0.05) is 36.0 Å². The van der Waals surface area contributed by atoms with E-state index in [4.69, 9.17) is 21.4 Å². The first-order chi connectivity index (χ1) is 16.2. The Hall–Kier alpha value is -3.29. The SMILES string of the molecule is CCOc1ccc(N2C(=S)N[C@@H](c3ccccn3)[C@@H]2c2ccc(Sc3ccccc3)o2)cc1. The Balaban J connectivity index is 1.51. The lowest BCUT2D eigenvalue weighted by atomic mass is 10.0. The molecule has 1 aliphatic rings. The van der Waals surface area contributed by atoms with Crippen molar-refractivity contribution in [3.05, 3.63) is 103 Å². The van der Waals surface area contributed by atoms with Crippen LogP contribution in [0.2, 0.25) is 0 Å². The Bertz CT molecular complexity index is 1210. The number of furan rings is 1. The number of anilines is 1. The molecule has 2 atom stereocenters. The van der Waals surface area contributed by atoms with Crippen molar-refractivity contribution in [3.8, 4) is 5.75 Å². The Morgan fingerprint density at radius 2 is 1.79 bits per heavy atom. The molecule has 2 aromatic heterocycles. The van der Waals surface area contributed by atoms with Gasteiger partial charge in [0, 0.05) is 16.8 Å². The van der Waals surface area contributed by atoms with E-state index in [0.717, 1.165) is 32.9 Å². The summed E-state index contributed by atoms with van der Waals surface area (Å²) in [6, 6.07) is 27.8. The molecule has 2 aromatic carbocycles. The largest absolute Gasteiger partial charge is 0.494 e. The number of aromatic nitrogens is 1. The number of hydrogen-bond acceptors (Lipinski definition) is 5. The maximum Gasteiger partial charge on any atom is 0.174 e. The second-order valence-corrected chi connectivity index (χ2v) is 8.96. The Kier molecular flexibility index (Phi) is 6.32. The average Bonchev–Trinajstić information content (AvgIpc) is 3.45. The van der Waals surface area contributed by atoms with Crippen LogP contribution in [0.5, 0.6) is 5.75 Å². The molecule has 33 heavy (non-hydrogen) atoms. The Morgan fingerprint density at radius 1 is 1.00 bits per heavy atom. The minimum Gasteiger partial charge on any atom is -0.494 e. The van der Waals surface area contributed by atoms with Gasteiger partial charge in [0.1, 0.15) is 17.6 Å². The molecular formula is C26H23N3O2S2.